The standard InChI is InChI=1S/C15H20N2S/c1-17-15(11-16,13-7-3-2-4-8-13)12-18-14-9-5-6-10-14/h2-4,7-8,14,17H,5-6,9-10,12H2,1H3. The van der Waals surface area contributed by atoms with Crippen molar-refractivity contribution in [2.75, 3.05) is 12.8 Å². The summed E-state index contributed by atoms with van der Waals surface area (Å²) < 4.78 is 0. The van der Waals surface area contributed by atoms with Gasteiger partial charge in [-0.05, 0) is 25.5 Å². The zero-order valence-corrected chi connectivity index (χ0v) is 11.7. The number of nitriles is 1. The Kier molecular flexibility index (Phi) is 4.68. The largest absolute Gasteiger partial charge is 0.298 e. The SMILES string of the molecule is CNC(C#N)(CSC1CCCC1)c1ccccc1. The summed E-state index contributed by atoms with van der Waals surface area (Å²) in [6.45, 7) is 0. The molecule has 1 aromatic rings. The van der Waals surface area contributed by atoms with E-state index < -0.39 is 5.54 Å². The van der Waals surface area contributed by atoms with E-state index in [2.05, 4.69) is 11.4 Å². The molecule has 1 atom stereocenters. The number of nitrogens with one attached hydrogen (secondary N) is 1. The van der Waals surface area contributed by atoms with Crippen LogP contribution in [0.15, 0.2) is 30.3 Å². The van der Waals surface area contributed by atoms with E-state index in [9.17, 15) is 5.26 Å². The second-order valence-electron chi connectivity index (χ2n) is 4.85. The fraction of sp³-hybridized carbons (Fsp3) is 0.533. The van der Waals surface area contributed by atoms with Gasteiger partial charge >= 0.3 is 0 Å². The smallest absolute Gasteiger partial charge is 0.141 e. The molecule has 1 saturated carbocycles. The second-order valence-corrected chi connectivity index (χ2v) is 6.14. The van der Waals surface area contributed by atoms with Crippen LogP contribution >= 0.6 is 11.8 Å². The van der Waals surface area contributed by atoms with Crippen molar-refractivity contribution in [1.82, 2.24) is 5.32 Å². The lowest BCUT2D eigenvalue weighted by atomic mass is 9.94. The Bertz CT molecular complexity index is 406. The molecule has 96 valence electrons. The molecule has 1 aliphatic carbocycles. The normalized spacial score (nSPS) is 19.3. The van der Waals surface area contributed by atoms with Crippen molar-refractivity contribution >= 4 is 11.8 Å². The molecule has 2 nitrogen and oxygen atoms in total. The van der Waals surface area contributed by atoms with Crippen LogP contribution in [-0.4, -0.2) is 18.1 Å². The number of hydrogen-bond acceptors (Lipinski definition) is 3. The zero-order valence-electron chi connectivity index (χ0n) is 10.9. The van der Waals surface area contributed by atoms with E-state index in [0.29, 0.717) is 0 Å². The van der Waals surface area contributed by atoms with Crippen LogP contribution in [0, 0.1) is 11.3 Å². The van der Waals surface area contributed by atoms with Crippen LogP contribution in [0.5, 0.6) is 0 Å². The number of thioether (sulfide) groups is 1. The first kappa shape index (κ1) is 13.5. The molecule has 1 aromatic carbocycles. The van der Waals surface area contributed by atoms with Crippen LogP contribution in [0.25, 0.3) is 0 Å². The molecule has 3 heteroatoms. The third-order valence-corrected chi connectivity index (χ3v) is 5.26. The summed E-state index contributed by atoms with van der Waals surface area (Å²) in [5.41, 5.74) is 0.523. The summed E-state index contributed by atoms with van der Waals surface area (Å²) >= 11 is 1.95. The third kappa shape index (κ3) is 2.88. The minimum Gasteiger partial charge on any atom is -0.298 e. The molecule has 1 fully saturated rings. The maximum atomic E-state index is 9.58. The maximum absolute atomic E-state index is 9.58. The zero-order chi connectivity index (χ0) is 12.8. The summed E-state index contributed by atoms with van der Waals surface area (Å²) in [6, 6.07) is 12.5. The molecule has 0 aromatic heterocycles. The fourth-order valence-electron chi connectivity index (χ4n) is 2.47. The minimum absolute atomic E-state index is 0.547. The van der Waals surface area contributed by atoms with Gasteiger partial charge < -0.3 is 0 Å². The van der Waals surface area contributed by atoms with Crippen molar-refractivity contribution in [3.63, 3.8) is 0 Å². The van der Waals surface area contributed by atoms with Gasteiger partial charge in [-0.15, -0.1) is 0 Å². The summed E-state index contributed by atoms with van der Waals surface area (Å²) in [5.74, 6) is 0.828. The Morgan fingerprint density at radius 1 is 1.33 bits per heavy atom. The van der Waals surface area contributed by atoms with Gasteiger partial charge in [0.15, 0.2) is 0 Å². The van der Waals surface area contributed by atoms with E-state index in [1.165, 1.54) is 25.7 Å². The van der Waals surface area contributed by atoms with Gasteiger partial charge in [0.25, 0.3) is 0 Å². The van der Waals surface area contributed by atoms with Crippen molar-refractivity contribution in [3.8, 4) is 6.07 Å². The van der Waals surface area contributed by atoms with Gasteiger partial charge in [-0.1, -0.05) is 43.2 Å². The molecule has 0 amide bonds. The van der Waals surface area contributed by atoms with Gasteiger partial charge in [0.1, 0.15) is 5.54 Å². The monoisotopic (exact) mass is 260 g/mol. The van der Waals surface area contributed by atoms with E-state index in [1.54, 1.807) is 0 Å². The maximum Gasteiger partial charge on any atom is 0.141 e. The average molecular weight is 260 g/mol. The second kappa shape index (κ2) is 6.26. The summed E-state index contributed by atoms with van der Waals surface area (Å²) in [6.07, 6.45) is 5.32. The molecule has 0 bridgehead atoms. The number of hydrogen-bond donors (Lipinski definition) is 1. The lowest BCUT2D eigenvalue weighted by Gasteiger charge is -2.27. The highest BCUT2D eigenvalue weighted by Crippen LogP contribution is 2.34. The Morgan fingerprint density at radius 2 is 2.00 bits per heavy atom. The van der Waals surface area contributed by atoms with Gasteiger partial charge in [0.05, 0.1) is 6.07 Å². The van der Waals surface area contributed by atoms with Crippen molar-refractivity contribution in [2.24, 2.45) is 0 Å². The van der Waals surface area contributed by atoms with Crippen LogP contribution < -0.4 is 5.32 Å². The van der Waals surface area contributed by atoms with Crippen LogP contribution in [0.3, 0.4) is 0 Å². The average Bonchev–Trinajstić information content (AvgIpc) is 2.95. The predicted molar refractivity (Wildman–Crippen MR) is 77.5 cm³/mol. The highest BCUT2D eigenvalue weighted by Gasteiger charge is 2.31. The number of rotatable bonds is 5. The molecule has 2 rings (SSSR count). The van der Waals surface area contributed by atoms with Crippen LogP contribution in [0.1, 0.15) is 31.2 Å². The van der Waals surface area contributed by atoms with Gasteiger partial charge in [-0.25, -0.2) is 0 Å². The molecular formula is C15H20N2S. The lowest BCUT2D eigenvalue weighted by molar-refractivity contribution is 0.527. The topological polar surface area (TPSA) is 35.8 Å². The molecule has 1 aliphatic rings. The van der Waals surface area contributed by atoms with Crippen LogP contribution in [0.2, 0.25) is 0 Å². The van der Waals surface area contributed by atoms with E-state index in [-0.39, 0.29) is 0 Å². The highest BCUT2D eigenvalue weighted by molar-refractivity contribution is 8.00. The van der Waals surface area contributed by atoms with Gasteiger partial charge in [-0.3, -0.25) is 5.32 Å². The first-order valence-electron chi connectivity index (χ1n) is 6.58. The minimum atomic E-state index is -0.547. The third-order valence-electron chi connectivity index (χ3n) is 3.72. The summed E-state index contributed by atoms with van der Waals surface area (Å²) in [5, 5.41) is 13.5. The highest BCUT2D eigenvalue weighted by atomic mass is 32.2. The van der Waals surface area contributed by atoms with Crippen molar-refractivity contribution < 1.29 is 0 Å². The first-order chi connectivity index (χ1) is 8.80. The molecular weight excluding hydrogens is 240 g/mol. The van der Waals surface area contributed by atoms with E-state index in [1.807, 2.05) is 49.1 Å². The molecule has 0 saturated heterocycles. The van der Waals surface area contributed by atoms with Crippen molar-refractivity contribution in [2.45, 2.75) is 36.5 Å². The number of benzene rings is 1. The summed E-state index contributed by atoms with van der Waals surface area (Å²) in [7, 11) is 1.88. The van der Waals surface area contributed by atoms with Crippen LogP contribution in [0.4, 0.5) is 0 Å². The van der Waals surface area contributed by atoms with E-state index >= 15 is 0 Å². The molecule has 18 heavy (non-hydrogen) atoms. The van der Waals surface area contributed by atoms with Crippen LogP contribution in [-0.2, 0) is 5.54 Å². The molecule has 1 unspecified atom stereocenters. The van der Waals surface area contributed by atoms with E-state index in [0.717, 1.165) is 16.6 Å². The fourth-order valence-corrected chi connectivity index (χ4v) is 4.00. The Balaban J connectivity index is 2.09. The molecule has 0 heterocycles. The molecule has 0 radical (unpaired) electrons. The molecule has 0 aliphatic heterocycles. The van der Waals surface area contributed by atoms with Gasteiger partial charge in [-0.2, -0.15) is 17.0 Å². The first-order valence-corrected chi connectivity index (χ1v) is 7.63. The Morgan fingerprint density at radius 3 is 2.56 bits per heavy atom. The Labute approximate surface area is 114 Å². The predicted octanol–water partition coefficient (Wildman–Crippen LogP) is 3.30. The van der Waals surface area contributed by atoms with Gasteiger partial charge in [0, 0.05) is 11.0 Å². The Hall–Kier alpha value is -0.980. The van der Waals surface area contributed by atoms with Crippen molar-refractivity contribution in [1.29, 1.82) is 5.26 Å². The summed E-state index contributed by atoms with van der Waals surface area (Å²) in [4.78, 5) is 0. The molecule has 0 spiro atoms. The van der Waals surface area contributed by atoms with Crippen molar-refractivity contribution in [3.05, 3.63) is 35.9 Å². The van der Waals surface area contributed by atoms with Gasteiger partial charge in [0.2, 0.25) is 0 Å². The lowest BCUT2D eigenvalue weighted by Crippen LogP contribution is -2.41. The van der Waals surface area contributed by atoms with E-state index in [4.69, 9.17) is 0 Å². The quantitative estimate of drug-likeness (QED) is 0.882. The molecule has 1 N–H and O–H groups in total. The number of nitrogens with zero attached hydrogens (tertiary/aromatic N) is 1.